The second-order valence-electron chi connectivity index (χ2n) is 4.64. The number of nitrogens with zero attached hydrogens (tertiary/aromatic N) is 2. The van der Waals surface area contributed by atoms with E-state index < -0.39 is 10.9 Å². The highest BCUT2D eigenvalue weighted by Gasteiger charge is 2.14. The van der Waals surface area contributed by atoms with Gasteiger partial charge in [0.15, 0.2) is 5.75 Å². The molecule has 0 radical (unpaired) electrons. The van der Waals surface area contributed by atoms with Crippen LogP contribution in [0.5, 0.6) is 5.75 Å². The van der Waals surface area contributed by atoms with Gasteiger partial charge in [0.1, 0.15) is 0 Å². The Bertz CT molecular complexity index is 546. The molecule has 1 aromatic carbocycles. The Morgan fingerprint density at radius 1 is 1.32 bits per heavy atom. The molecule has 0 aromatic heterocycles. The lowest BCUT2D eigenvalue weighted by Crippen LogP contribution is -2.29. The van der Waals surface area contributed by atoms with E-state index >= 15 is 0 Å². The lowest BCUT2D eigenvalue weighted by atomic mass is 10.2. The molecule has 0 spiro atoms. The van der Waals surface area contributed by atoms with Crippen molar-refractivity contribution in [2.45, 2.75) is 19.3 Å². The van der Waals surface area contributed by atoms with Crippen LogP contribution in [-0.4, -0.2) is 47.0 Å². The number of hydrogen-bond donors (Lipinski definition) is 1. The predicted octanol–water partition coefficient (Wildman–Crippen LogP) is 1.69. The fourth-order valence-corrected chi connectivity index (χ4v) is 1.71. The minimum Gasteiger partial charge on any atom is -0.487 e. The number of aliphatic carboxylic acids is 1. The quantitative estimate of drug-likeness (QED) is 0.422. The third-order valence-corrected chi connectivity index (χ3v) is 2.94. The molecule has 0 unspecified atom stereocenters. The van der Waals surface area contributed by atoms with E-state index in [9.17, 15) is 19.7 Å². The summed E-state index contributed by atoms with van der Waals surface area (Å²) in [5.74, 6) is -0.981. The molecule has 0 aliphatic carbocycles. The smallest absolute Gasteiger partial charge is 0.310 e. The molecule has 1 rings (SSSR count). The molecule has 22 heavy (non-hydrogen) atoms. The first kappa shape index (κ1) is 17.4. The van der Waals surface area contributed by atoms with E-state index in [2.05, 4.69) is 0 Å². The average molecular weight is 310 g/mol. The molecular weight excluding hydrogens is 292 g/mol. The van der Waals surface area contributed by atoms with E-state index in [0.717, 1.165) is 0 Å². The Balaban J connectivity index is 2.35. The summed E-state index contributed by atoms with van der Waals surface area (Å²) in [6.45, 7) is 0.322. The van der Waals surface area contributed by atoms with Crippen molar-refractivity contribution in [2.24, 2.45) is 0 Å². The fraction of sp³-hybridized carbons (Fsp3) is 0.429. The van der Waals surface area contributed by atoms with Crippen LogP contribution in [0.1, 0.15) is 19.3 Å². The van der Waals surface area contributed by atoms with Crippen LogP contribution in [0.15, 0.2) is 24.3 Å². The summed E-state index contributed by atoms with van der Waals surface area (Å²) >= 11 is 0. The molecule has 0 atom stereocenters. The lowest BCUT2D eigenvalue weighted by Gasteiger charge is -2.15. The van der Waals surface area contributed by atoms with Crippen molar-refractivity contribution in [3.8, 4) is 5.75 Å². The fourth-order valence-electron chi connectivity index (χ4n) is 1.71. The highest BCUT2D eigenvalue weighted by Crippen LogP contribution is 2.25. The van der Waals surface area contributed by atoms with Gasteiger partial charge in [0.05, 0.1) is 18.0 Å². The third kappa shape index (κ3) is 5.78. The number of hydrogen-bond acceptors (Lipinski definition) is 5. The first-order chi connectivity index (χ1) is 10.4. The zero-order chi connectivity index (χ0) is 16.5. The number of carbonyl (C=O) groups is 2. The van der Waals surface area contributed by atoms with Gasteiger partial charge in [-0.05, 0) is 12.5 Å². The minimum atomic E-state index is -0.959. The van der Waals surface area contributed by atoms with Gasteiger partial charge < -0.3 is 14.7 Å². The van der Waals surface area contributed by atoms with Gasteiger partial charge in [-0.25, -0.2) is 0 Å². The van der Waals surface area contributed by atoms with Gasteiger partial charge in [0.25, 0.3) is 0 Å². The summed E-state index contributed by atoms with van der Waals surface area (Å²) in [6.07, 6.45) is 0.480. The molecule has 0 aliphatic rings. The van der Waals surface area contributed by atoms with Crippen molar-refractivity contribution in [3.05, 3.63) is 34.4 Å². The van der Waals surface area contributed by atoms with Crippen LogP contribution in [0.4, 0.5) is 5.69 Å². The summed E-state index contributed by atoms with van der Waals surface area (Å²) in [4.78, 5) is 33.7. The van der Waals surface area contributed by atoms with Crippen LogP contribution in [0.3, 0.4) is 0 Å². The molecule has 1 aromatic rings. The number of rotatable bonds is 9. The Morgan fingerprint density at radius 3 is 2.64 bits per heavy atom. The zero-order valence-corrected chi connectivity index (χ0v) is 12.2. The molecule has 8 heteroatoms. The third-order valence-electron chi connectivity index (χ3n) is 2.94. The van der Waals surface area contributed by atoms with E-state index in [1.54, 1.807) is 12.1 Å². The normalized spacial score (nSPS) is 10.0. The summed E-state index contributed by atoms with van der Waals surface area (Å²) < 4.78 is 5.32. The van der Waals surface area contributed by atoms with Crippen molar-refractivity contribution in [1.82, 2.24) is 4.90 Å². The summed E-state index contributed by atoms with van der Waals surface area (Å²) in [5.41, 5.74) is -0.118. The maximum absolute atomic E-state index is 11.7. The van der Waals surface area contributed by atoms with E-state index in [1.165, 1.54) is 24.1 Å². The van der Waals surface area contributed by atoms with Crippen LogP contribution < -0.4 is 4.74 Å². The Kier molecular flexibility index (Phi) is 6.81. The van der Waals surface area contributed by atoms with Crippen molar-refractivity contribution < 1.29 is 24.4 Å². The Labute approximate surface area is 127 Å². The van der Waals surface area contributed by atoms with Gasteiger partial charge >= 0.3 is 11.7 Å². The molecular formula is C14H18N2O6. The maximum Gasteiger partial charge on any atom is 0.310 e. The molecule has 0 saturated heterocycles. The SMILES string of the molecule is CN(CCC(=O)O)C(=O)CCCOc1ccccc1[N+](=O)[O-]. The first-order valence-electron chi connectivity index (χ1n) is 6.73. The first-order valence-corrected chi connectivity index (χ1v) is 6.73. The number of para-hydroxylation sites is 2. The van der Waals surface area contributed by atoms with Gasteiger partial charge in [-0.15, -0.1) is 0 Å². The van der Waals surface area contributed by atoms with Crippen LogP contribution >= 0.6 is 0 Å². The van der Waals surface area contributed by atoms with Crippen molar-refractivity contribution in [1.29, 1.82) is 0 Å². The molecule has 1 amide bonds. The molecule has 0 saturated carbocycles. The van der Waals surface area contributed by atoms with Gasteiger partial charge in [-0.1, -0.05) is 12.1 Å². The number of carboxylic acid groups (broad SMARTS) is 1. The summed E-state index contributed by atoms with van der Waals surface area (Å²) in [6, 6.07) is 6.03. The molecule has 1 N–H and O–H groups in total. The van der Waals surface area contributed by atoms with Crippen molar-refractivity contribution in [3.63, 3.8) is 0 Å². The highest BCUT2D eigenvalue weighted by atomic mass is 16.6. The van der Waals surface area contributed by atoms with Crippen LogP contribution in [0.25, 0.3) is 0 Å². The van der Waals surface area contributed by atoms with E-state index in [0.29, 0.717) is 6.42 Å². The number of nitro benzene ring substituents is 1. The van der Waals surface area contributed by atoms with Crippen LogP contribution in [0.2, 0.25) is 0 Å². The molecule has 0 fully saturated rings. The number of carbonyl (C=O) groups excluding carboxylic acids is 1. The summed E-state index contributed by atoms with van der Waals surface area (Å²) in [5, 5.41) is 19.3. The monoisotopic (exact) mass is 310 g/mol. The summed E-state index contributed by atoms with van der Waals surface area (Å²) in [7, 11) is 1.54. The van der Waals surface area contributed by atoms with Crippen molar-refractivity contribution >= 4 is 17.6 Å². The van der Waals surface area contributed by atoms with E-state index in [1.807, 2.05) is 0 Å². The largest absolute Gasteiger partial charge is 0.487 e. The van der Waals surface area contributed by atoms with E-state index in [-0.39, 0.29) is 43.3 Å². The molecule has 120 valence electrons. The van der Waals surface area contributed by atoms with Crippen LogP contribution in [0, 0.1) is 10.1 Å². The van der Waals surface area contributed by atoms with Gasteiger partial charge in [-0.3, -0.25) is 19.7 Å². The molecule has 8 nitrogen and oxygen atoms in total. The van der Waals surface area contributed by atoms with Crippen LogP contribution in [-0.2, 0) is 9.59 Å². The highest BCUT2D eigenvalue weighted by molar-refractivity contribution is 5.76. The number of ether oxygens (including phenoxy) is 1. The predicted molar refractivity (Wildman–Crippen MR) is 77.7 cm³/mol. The minimum absolute atomic E-state index is 0.102. The topological polar surface area (TPSA) is 110 Å². The Hall–Kier alpha value is -2.64. The van der Waals surface area contributed by atoms with Crippen molar-refractivity contribution in [2.75, 3.05) is 20.2 Å². The average Bonchev–Trinajstić information content (AvgIpc) is 2.49. The number of carboxylic acids is 1. The molecule has 0 aliphatic heterocycles. The zero-order valence-electron chi connectivity index (χ0n) is 12.2. The van der Waals surface area contributed by atoms with Gasteiger partial charge in [0.2, 0.25) is 5.91 Å². The molecule has 0 heterocycles. The standard InChI is InChI=1S/C14H18N2O6/c1-15(9-8-14(18)19)13(17)7-4-10-22-12-6-3-2-5-11(12)16(20)21/h2-3,5-6H,4,7-10H2,1H3,(H,18,19). The molecule has 0 bridgehead atoms. The number of amides is 1. The maximum atomic E-state index is 11.7. The van der Waals surface area contributed by atoms with E-state index in [4.69, 9.17) is 9.84 Å². The second-order valence-corrected chi connectivity index (χ2v) is 4.64. The van der Waals surface area contributed by atoms with Gasteiger partial charge in [-0.2, -0.15) is 0 Å². The van der Waals surface area contributed by atoms with Gasteiger partial charge in [0, 0.05) is 26.1 Å². The number of benzene rings is 1. The lowest BCUT2D eigenvalue weighted by molar-refractivity contribution is -0.385. The number of nitro groups is 1. The second kappa shape index (κ2) is 8.60. The Morgan fingerprint density at radius 2 is 2.00 bits per heavy atom.